The number of carbonyl (C=O) groups excluding carboxylic acids is 1. The topological polar surface area (TPSA) is 80.3 Å². The number of hydrogen-bond acceptors (Lipinski definition) is 6. The molecule has 40 heavy (non-hydrogen) atoms. The lowest BCUT2D eigenvalue weighted by atomic mass is 9.97. The molecule has 2 N–H and O–H groups in total. The van der Waals surface area contributed by atoms with Gasteiger partial charge in [-0.3, -0.25) is 9.69 Å². The van der Waals surface area contributed by atoms with Crippen LogP contribution in [0.2, 0.25) is 0 Å². The maximum atomic E-state index is 11.5. The normalized spacial score (nSPS) is 23.3. The molecule has 0 saturated carbocycles. The molecule has 7 heteroatoms. The van der Waals surface area contributed by atoms with Crippen molar-refractivity contribution in [3.05, 3.63) is 95.1 Å². The fourth-order valence-electron chi connectivity index (χ4n) is 5.81. The van der Waals surface area contributed by atoms with E-state index in [1.807, 2.05) is 42.5 Å². The molecular formula is C33H40N2O5. The zero-order chi connectivity index (χ0) is 27.9. The van der Waals surface area contributed by atoms with Crippen LogP contribution in [0.15, 0.2) is 72.8 Å². The van der Waals surface area contributed by atoms with Crippen LogP contribution < -0.4 is 5.32 Å². The van der Waals surface area contributed by atoms with Crippen LogP contribution in [0.3, 0.4) is 0 Å². The molecule has 0 aliphatic carbocycles. The highest BCUT2D eigenvalue weighted by molar-refractivity contribution is 5.74. The lowest BCUT2D eigenvalue weighted by molar-refractivity contribution is -0.253. The average Bonchev–Trinajstić information content (AvgIpc) is 3.42. The highest BCUT2D eigenvalue weighted by Crippen LogP contribution is 2.39. The second-order valence-corrected chi connectivity index (χ2v) is 10.8. The van der Waals surface area contributed by atoms with Crippen LogP contribution in [0.4, 0.5) is 0 Å². The molecule has 7 nitrogen and oxygen atoms in total. The Bertz CT molecular complexity index is 1250. The SMILES string of the molecule is COCC1CCCN1CC1CC(c2ccc(CO)cc2)OC(c2ccc(-c3ccccc3CNC(C)=O)cc2)O1. The molecule has 4 atom stereocenters. The largest absolute Gasteiger partial charge is 0.392 e. The van der Waals surface area contributed by atoms with Crippen LogP contribution in [-0.4, -0.2) is 54.9 Å². The quantitative estimate of drug-likeness (QED) is 0.368. The summed E-state index contributed by atoms with van der Waals surface area (Å²) < 4.78 is 18.6. The Labute approximate surface area is 237 Å². The fraction of sp³-hybridized carbons (Fsp3) is 0.424. The summed E-state index contributed by atoms with van der Waals surface area (Å²) in [4.78, 5) is 14.0. The number of benzene rings is 3. The second kappa shape index (κ2) is 13.5. The summed E-state index contributed by atoms with van der Waals surface area (Å²) in [6, 6.07) is 24.9. The summed E-state index contributed by atoms with van der Waals surface area (Å²) in [5, 5.41) is 12.4. The molecule has 2 aliphatic rings. The Kier molecular flexibility index (Phi) is 9.62. The van der Waals surface area contributed by atoms with Gasteiger partial charge in [0.15, 0.2) is 6.29 Å². The fourth-order valence-corrected chi connectivity index (χ4v) is 5.81. The minimum Gasteiger partial charge on any atom is -0.392 e. The van der Waals surface area contributed by atoms with E-state index in [4.69, 9.17) is 14.2 Å². The third-order valence-corrected chi connectivity index (χ3v) is 7.95. The smallest absolute Gasteiger partial charge is 0.217 e. The van der Waals surface area contributed by atoms with Gasteiger partial charge < -0.3 is 24.6 Å². The number of rotatable bonds is 10. The summed E-state index contributed by atoms with van der Waals surface area (Å²) in [7, 11) is 1.77. The molecule has 5 rings (SSSR count). The Hall–Kier alpha value is -3.07. The standard InChI is InChI=1S/C33H40N2O5/c1-23(37)34-19-28-6-3-4-8-31(28)25-13-15-27(16-14-25)33-39-30(20-35-17-5-7-29(35)22-38-2)18-32(40-33)26-11-9-24(21-36)10-12-26/h3-4,6,8-16,29-30,32-33,36H,5,7,17-22H2,1-2H3,(H,34,37). The third kappa shape index (κ3) is 6.97. The molecule has 3 aromatic carbocycles. The molecule has 2 saturated heterocycles. The van der Waals surface area contributed by atoms with Crippen LogP contribution in [-0.2, 0) is 32.2 Å². The number of amides is 1. The first-order valence-electron chi connectivity index (χ1n) is 14.2. The highest BCUT2D eigenvalue weighted by Gasteiger charge is 2.35. The zero-order valence-electron chi connectivity index (χ0n) is 23.4. The predicted molar refractivity (Wildman–Crippen MR) is 154 cm³/mol. The number of methoxy groups -OCH3 is 1. The summed E-state index contributed by atoms with van der Waals surface area (Å²) in [5.41, 5.74) is 6.18. The van der Waals surface area contributed by atoms with Crippen LogP contribution in [0.5, 0.6) is 0 Å². The van der Waals surface area contributed by atoms with Crippen LogP contribution >= 0.6 is 0 Å². The van der Waals surface area contributed by atoms with E-state index in [-0.39, 0.29) is 24.7 Å². The van der Waals surface area contributed by atoms with E-state index >= 15 is 0 Å². The van der Waals surface area contributed by atoms with E-state index in [2.05, 4.69) is 40.5 Å². The van der Waals surface area contributed by atoms with Gasteiger partial charge in [-0.2, -0.15) is 0 Å². The molecule has 0 radical (unpaired) electrons. The monoisotopic (exact) mass is 544 g/mol. The molecule has 2 heterocycles. The van der Waals surface area contributed by atoms with E-state index in [0.29, 0.717) is 12.6 Å². The van der Waals surface area contributed by atoms with Crippen molar-refractivity contribution in [3.8, 4) is 11.1 Å². The van der Waals surface area contributed by atoms with Gasteiger partial charge in [-0.05, 0) is 47.2 Å². The summed E-state index contributed by atoms with van der Waals surface area (Å²) in [6.45, 7) is 4.68. The molecule has 2 aliphatic heterocycles. The molecule has 2 fully saturated rings. The van der Waals surface area contributed by atoms with Crippen molar-refractivity contribution in [2.24, 2.45) is 0 Å². The number of likely N-dealkylation sites (tertiary alicyclic amines) is 1. The molecule has 0 aromatic heterocycles. The molecule has 4 unspecified atom stereocenters. The Morgan fingerprint density at radius 2 is 1.77 bits per heavy atom. The van der Waals surface area contributed by atoms with Crippen molar-refractivity contribution in [3.63, 3.8) is 0 Å². The van der Waals surface area contributed by atoms with Gasteiger partial charge in [-0.15, -0.1) is 0 Å². The lowest BCUT2D eigenvalue weighted by Crippen LogP contribution is -2.42. The van der Waals surface area contributed by atoms with Gasteiger partial charge in [0.2, 0.25) is 5.91 Å². The Morgan fingerprint density at radius 1 is 1.02 bits per heavy atom. The van der Waals surface area contributed by atoms with Gasteiger partial charge >= 0.3 is 0 Å². The van der Waals surface area contributed by atoms with Crippen molar-refractivity contribution in [2.45, 2.75) is 63.9 Å². The van der Waals surface area contributed by atoms with Crippen molar-refractivity contribution < 1.29 is 24.1 Å². The third-order valence-electron chi connectivity index (χ3n) is 7.95. The van der Waals surface area contributed by atoms with Crippen molar-refractivity contribution >= 4 is 5.91 Å². The lowest BCUT2D eigenvalue weighted by Gasteiger charge is -2.38. The first kappa shape index (κ1) is 28.5. The predicted octanol–water partition coefficient (Wildman–Crippen LogP) is 5.14. The first-order chi connectivity index (χ1) is 19.5. The van der Waals surface area contributed by atoms with Gasteiger partial charge in [0.1, 0.15) is 0 Å². The summed E-state index contributed by atoms with van der Waals surface area (Å²) >= 11 is 0. The minimum atomic E-state index is -0.492. The molecule has 0 spiro atoms. The Morgan fingerprint density at radius 3 is 2.50 bits per heavy atom. The zero-order valence-corrected chi connectivity index (χ0v) is 23.4. The summed E-state index contributed by atoms with van der Waals surface area (Å²) in [6.07, 6.45) is 2.50. The number of aliphatic hydroxyl groups excluding tert-OH is 1. The van der Waals surface area contributed by atoms with Gasteiger partial charge in [0, 0.05) is 45.1 Å². The van der Waals surface area contributed by atoms with Crippen molar-refractivity contribution in [1.29, 1.82) is 0 Å². The van der Waals surface area contributed by atoms with Crippen LogP contribution in [0.25, 0.3) is 11.1 Å². The number of aliphatic hydroxyl groups is 1. The van der Waals surface area contributed by atoms with Crippen molar-refractivity contribution in [1.82, 2.24) is 10.2 Å². The van der Waals surface area contributed by atoms with E-state index in [0.717, 1.165) is 65.9 Å². The maximum absolute atomic E-state index is 11.5. The van der Waals surface area contributed by atoms with Gasteiger partial charge in [0.05, 0.1) is 25.4 Å². The number of nitrogens with one attached hydrogen (secondary N) is 1. The number of nitrogens with zero attached hydrogens (tertiary/aromatic N) is 1. The number of ether oxygens (including phenoxy) is 3. The average molecular weight is 545 g/mol. The van der Waals surface area contributed by atoms with Gasteiger partial charge in [-0.1, -0.05) is 72.8 Å². The van der Waals surface area contributed by atoms with Gasteiger partial charge in [-0.25, -0.2) is 0 Å². The Balaban J connectivity index is 1.36. The number of carbonyl (C=O) groups is 1. The minimum absolute atomic E-state index is 0.0109. The van der Waals surface area contributed by atoms with Gasteiger partial charge in [0.25, 0.3) is 0 Å². The van der Waals surface area contributed by atoms with Crippen LogP contribution in [0, 0.1) is 0 Å². The second-order valence-electron chi connectivity index (χ2n) is 10.8. The molecule has 0 bridgehead atoms. The molecule has 212 valence electrons. The van der Waals surface area contributed by atoms with E-state index in [9.17, 15) is 9.90 Å². The molecular weight excluding hydrogens is 504 g/mol. The van der Waals surface area contributed by atoms with E-state index in [1.54, 1.807) is 7.11 Å². The maximum Gasteiger partial charge on any atom is 0.217 e. The van der Waals surface area contributed by atoms with Crippen LogP contribution in [0.1, 0.15) is 60.8 Å². The molecule has 3 aromatic rings. The number of hydrogen-bond donors (Lipinski definition) is 2. The highest BCUT2D eigenvalue weighted by atomic mass is 16.7. The van der Waals surface area contributed by atoms with Crippen molar-refractivity contribution in [2.75, 3.05) is 26.8 Å². The molecule has 1 amide bonds. The summed E-state index contributed by atoms with van der Waals surface area (Å²) in [5.74, 6) is -0.0469. The first-order valence-corrected chi connectivity index (χ1v) is 14.2. The van der Waals surface area contributed by atoms with E-state index < -0.39 is 6.29 Å². The van der Waals surface area contributed by atoms with E-state index in [1.165, 1.54) is 13.3 Å².